The summed E-state index contributed by atoms with van der Waals surface area (Å²) in [5.74, 6) is -0.917. The summed E-state index contributed by atoms with van der Waals surface area (Å²) >= 11 is 0. The summed E-state index contributed by atoms with van der Waals surface area (Å²) in [6.45, 7) is 5.74. The Balaban J connectivity index is 4.52. The second-order valence-corrected chi connectivity index (χ2v) is 3.37. The van der Waals surface area contributed by atoms with Gasteiger partial charge in [0.25, 0.3) is 0 Å². The highest BCUT2D eigenvalue weighted by molar-refractivity contribution is 5.89. The smallest absolute Gasteiger partial charge is 0.333 e. The van der Waals surface area contributed by atoms with E-state index in [9.17, 15) is 9.59 Å². The molecule has 1 atom stereocenters. The molecule has 0 aliphatic carbocycles. The number of esters is 2. The number of carbonyl (C=O) groups is 2. The molecule has 0 rings (SSSR count). The van der Waals surface area contributed by atoms with Gasteiger partial charge in [0.15, 0.2) is 0 Å². The van der Waals surface area contributed by atoms with Gasteiger partial charge in [-0.2, -0.15) is 0 Å². The predicted octanol–water partition coefficient (Wildman–Crippen LogP) is 2.09. The highest BCUT2D eigenvalue weighted by atomic mass is 16.5. The van der Waals surface area contributed by atoms with E-state index < -0.39 is 0 Å². The van der Waals surface area contributed by atoms with E-state index in [2.05, 4.69) is 4.74 Å². The summed E-state index contributed by atoms with van der Waals surface area (Å²) in [7, 11) is 1.35. The fraction of sp³-hybridized carbons (Fsp3) is 0.667. The highest BCUT2D eigenvalue weighted by Crippen LogP contribution is 2.17. The number of hydrogen-bond acceptors (Lipinski definition) is 4. The van der Waals surface area contributed by atoms with Gasteiger partial charge in [-0.3, -0.25) is 4.79 Å². The van der Waals surface area contributed by atoms with Crippen LogP contribution in [-0.4, -0.2) is 25.7 Å². The van der Waals surface area contributed by atoms with Crippen molar-refractivity contribution in [3.8, 4) is 0 Å². The molecule has 1 unspecified atom stereocenters. The van der Waals surface area contributed by atoms with Crippen LogP contribution in [0.4, 0.5) is 0 Å². The van der Waals surface area contributed by atoms with Crippen LogP contribution in [0.3, 0.4) is 0 Å². The van der Waals surface area contributed by atoms with Crippen molar-refractivity contribution in [1.29, 1.82) is 0 Å². The molecule has 0 aliphatic heterocycles. The molecule has 16 heavy (non-hydrogen) atoms. The molecule has 0 radical (unpaired) electrons. The first-order chi connectivity index (χ1) is 7.60. The lowest BCUT2D eigenvalue weighted by Crippen LogP contribution is -2.19. The molecule has 0 amide bonds. The maximum atomic E-state index is 11.5. The van der Waals surface area contributed by atoms with Crippen molar-refractivity contribution in [1.82, 2.24) is 0 Å². The zero-order valence-corrected chi connectivity index (χ0v) is 10.4. The monoisotopic (exact) mass is 228 g/mol. The van der Waals surface area contributed by atoms with Crippen molar-refractivity contribution in [3.05, 3.63) is 11.6 Å². The van der Waals surface area contributed by atoms with E-state index in [0.29, 0.717) is 25.0 Å². The summed E-state index contributed by atoms with van der Waals surface area (Å²) in [5, 5.41) is 0. The third-order valence-corrected chi connectivity index (χ3v) is 2.38. The van der Waals surface area contributed by atoms with Gasteiger partial charge in [0.1, 0.15) is 0 Å². The molecular weight excluding hydrogens is 208 g/mol. The third-order valence-electron chi connectivity index (χ3n) is 2.38. The lowest BCUT2D eigenvalue weighted by atomic mass is 9.97. The van der Waals surface area contributed by atoms with E-state index in [1.54, 1.807) is 19.9 Å². The van der Waals surface area contributed by atoms with Gasteiger partial charge < -0.3 is 9.47 Å². The summed E-state index contributed by atoms with van der Waals surface area (Å²) in [4.78, 5) is 22.9. The van der Waals surface area contributed by atoms with Crippen molar-refractivity contribution in [2.24, 2.45) is 5.92 Å². The molecule has 0 saturated heterocycles. The largest absolute Gasteiger partial charge is 0.469 e. The van der Waals surface area contributed by atoms with Gasteiger partial charge in [-0.05, 0) is 26.7 Å². The normalized spacial score (nSPS) is 13.1. The Morgan fingerprint density at radius 2 is 1.94 bits per heavy atom. The Morgan fingerprint density at radius 1 is 1.31 bits per heavy atom. The van der Waals surface area contributed by atoms with Crippen molar-refractivity contribution in [3.63, 3.8) is 0 Å². The van der Waals surface area contributed by atoms with E-state index in [4.69, 9.17) is 4.74 Å². The standard InChI is InChI=1S/C12H20O4/c1-5-9(11(13)15-4)8-10(6-2)12(14)16-7-3/h6,9H,5,7-8H2,1-4H3/b10-6-. The van der Waals surface area contributed by atoms with Gasteiger partial charge in [-0.15, -0.1) is 0 Å². The van der Waals surface area contributed by atoms with Gasteiger partial charge in [-0.1, -0.05) is 13.0 Å². The number of hydrogen-bond donors (Lipinski definition) is 0. The zero-order valence-electron chi connectivity index (χ0n) is 10.4. The molecule has 0 aromatic rings. The van der Waals surface area contributed by atoms with Crippen LogP contribution in [0.5, 0.6) is 0 Å². The summed E-state index contributed by atoms with van der Waals surface area (Å²) in [6.07, 6.45) is 2.70. The van der Waals surface area contributed by atoms with E-state index in [1.807, 2.05) is 6.92 Å². The van der Waals surface area contributed by atoms with Gasteiger partial charge in [0.05, 0.1) is 19.6 Å². The molecule has 0 bridgehead atoms. The van der Waals surface area contributed by atoms with E-state index in [0.717, 1.165) is 0 Å². The molecule has 4 heteroatoms. The quantitative estimate of drug-likeness (QED) is 0.516. The number of allylic oxidation sites excluding steroid dienone is 1. The first-order valence-electron chi connectivity index (χ1n) is 5.50. The van der Waals surface area contributed by atoms with Gasteiger partial charge >= 0.3 is 11.9 Å². The van der Waals surface area contributed by atoms with Crippen LogP contribution < -0.4 is 0 Å². The van der Waals surface area contributed by atoms with Crippen LogP contribution in [0.25, 0.3) is 0 Å². The summed E-state index contributed by atoms with van der Waals surface area (Å²) in [5.41, 5.74) is 0.527. The molecule has 0 aromatic carbocycles. The maximum Gasteiger partial charge on any atom is 0.333 e. The first kappa shape index (κ1) is 14.7. The molecule has 0 saturated carbocycles. The number of rotatable bonds is 6. The van der Waals surface area contributed by atoms with Crippen molar-refractivity contribution in [2.75, 3.05) is 13.7 Å². The van der Waals surface area contributed by atoms with Crippen LogP contribution in [0.15, 0.2) is 11.6 Å². The zero-order chi connectivity index (χ0) is 12.6. The molecule has 0 aliphatic rings. The van der Waals surface area contributed by atoms with Crippen LogP contribution in [0.1, 0.15) is 33.6 Å². The van der Waals surface area contributed by atoms with E-state index in [1.165, 1.54) is 7.11 Å². The third kappa shape index (κ3) is 4.47. The molecule has 0 N–H and O–H groups in total. The van der Waals surface area contributed by atoms with Crippen LogP contribution in [0, 0.1) is 5.92 Å². The SMILES string of the molecule is C/C=C(/CC(CC)C(=O)OC)C(=O)OCC. The molecule has 0 spiro atoms. The molecule has 0 heterocycles. The Labute approximate surface area is 96.6 Å². The van der Waals surface area contributed by atoms with Crippen LogP contribution >= 0.6 is 0 Å². The average molecular weight is 228 g/mol. The Bertz CT molecular complexity index is 268. The predicted molar refractivity (Wildman–Crippen MR) is 60.8 cm³/mol. The molecular formula is C12H20O4. The van der Waals surface area contributed by atoms with Gasteiger partial charge in [0, 0.05) is 5.57 Å². The van der Waals surface area contributed by atoms with Crippen molar-refractivity contribution in [2.45, 2.75) is 33.6 Å². The van der Waals surface area contributed by atoms with Crippen molar-refractivity contribution < 1.29 is 19.1 Å². The summed E-state index contributed by atoms with van der Waals surface area (Å²) in [6, 6.07) is 0. The van der Waals surface area contributed by atoms with Crippen LogP contribution in [-0.2, 0) is 19.1 Å². The minimum atomic E-state index is -0.354. The maximum absolute atomic E-state index is 11.5. The fourth-order valence-electron chi connectivity index (χ4n) is 1.37. The topological polar surface area (TPSA) is 52.6 Å². The first-order valence-corrected chi connectivity index (χ1v) is 5.50. The summed E-state index contributed by atoms with van der Waals surface area (Å²) < 4.78 is 9.56. The van der Waals surface area contributed by atoms with Crippen molar-refractivity contribution >= 4 is 11.9 Å². The second-order valence-electron chi connectivity index (χ2n) is 3.37. The second kappa shape index (κ2) is 7.91. The minimum Gasteiger partial charge on any atom is -0.469 e. The molecule has 0 aromatic heterocycles. The number of methoxy groups -OCH3 is 1. The lowest BCUT2D eigenvalue weighted by Gasteiger charge is -2.13. The molecule has 92 valence electrons. The fourth-order valence-corrected chi connectivity index (χ4v) is 1.37. The molecule has 0 fully saturated rings. The number of ether oxygens (including phenoxy) is 2. The lowest BCUT2D eigenvalue weighted by molar-refractivity contribution is -0.145. The van der Waals surface area contributed by atoms with E-state index in [-0.39, 0.29) is 17.9 Å². The Kier molecular flexibility index (Phi) is 7.25. The number of carbonyl (C=O) groups excluding carboxylic acids is 2. The Hall–Kier alpha value is -1.32. The van der Waals surface area contributed by atoms with E-state index >= 15 is 0 Å². The Morgan fingerprint density at radius 3 is 2.31 bits per heavy atom. The highest BCUT2D eigenvalue weighted by Gasteiger charge is 2.21. The van der Waals surface area contributed by atoms with Crippen LogP contribution in [0.2, 0.25) is 0 Å². The minimum absolute atomic E-state index is 0.277. The average Bonchev–Trinajstić information content (AvgIpc) is 2.30. The van der Waals surface area contributed by atoms with Gasteiger partial charge in [0.2, 0.25) is 0 Å². The van der Waals surface area contributed by atoms with Gasteiger partial charge in [-0.25, -0.2) is 4.79 Å². The molecule has 4 nitrogen and oxygen atoms in total.